The molecule has 0 unspecified atom stereocenters. The second-order valence-corrected chi connectivity index (χ2v) is 4.45. The smallest absolute Gasteiger partial charge is 0.0964 e. The highest BCUT2D eigenvalue weighted by molar-refractivity contribution is 5.51. The first-order chi connectivity index (χ1) is 7.20. The number of nitrogens with zero attached hydrogens (tertiary/aromatic N) is 2. The molecule has 0 aromatic rings. The molecular weight excluding hydrogens is 184 g/mol. The lowest BCUT2D eigenvalue weighted by Gasteiger charge is -2.26. The number of rotatable bonds is 0. The van der Waals surface area contributed by atoms with Crippen LogP contribution in [0.4, 0.5) is 0 Å². The SMILES string of the molecule is CC1=C(C)[C@H]2CCC[C@H]1C(C#N)=C2C#N. The molecule has 3 aliphatic rings. The lowest BCUT2D eigenvalue weighted by Crippen LogP contribution is -2.17. The third kappa shape index (κ3) is 1.29. The fraction of sp³-hybridized carbons (Fsp3) is 0.538. The lowest BCUT2D eigenvalue weighted by atomic mass is 9.75. The summed E-state index contributed by atoms with van der Waals surface area (Å²) < 4.78 is 0. The van der Waals surface area contributed by atoms with Crippen molar-refractivity contribution in [1.29, 1.82) is 10.5 Å². The van der Waals surface area contributed by atoms with Gasteiger partial charge >= 0.3 is 0 Å². The van der Waals surface area contributed by atoms with E-state index in [-0.39, 0.29) is 11.8 Å². The number of hydrogen-bond acceptors (Lipinski definition) is 2. The van der Waals surface area contributed by atoms with Gasteiger partial charge < -0.3 is 0 Å². The monoisotopic (exact) mass is 198 g/mol. The second kappa shape index (κ2) is 3.55. The van der Waals surface area contributed by atoms with Gasteiger partial charge in [-0.15, -0.1) is 0 Å². The van der Waals surface area contributed by atoms with Crippen LogP contribution in [-0.4, -0.2) is 0 Å². The zero-order valence-electron chi connectivity index (χ0n) is 9.17. The molecule has 2 bridgehead atoms. The van der Waals surface area contributed by atoms with Gasteiger partial charge in [0.1, 0.15) is 0 Å². The van der Waals surface area contributed by atoms with Crippen LogP contribution in [0, 0.1) is 34.5 Å². The van der Waals surface area contributed by atoms with Crippen molar-refractivity contribution in [3.05, 3.63) is 22.3 Å². The van der Waals surface area contributed by atoms with Gasteiger partial charge in [0.15, 0.2) is 0 Å². The quantitative estimate of drug-likeness (QED) is 0.561. The van der Waals surface area contributed by atoms with Crippen molar-refractivity contribution in [1.82, 2.24) is 0 Å². The molecule has 2 heteroatoms. The van der Waals surface area contributed by atoms with E-state index in [1.54, 1.807) is 0 Å². The normalized spacial score (nSPS) is 29.9. The molecule has 2 atom stereocenters. The van der Waals surface area contributed by atoms with E-state index in [0.29, 0.717) is 0 Å². The van der Waals surface area contributed by atoms with Crippen molar-refractivity contribution >= 4 is 0 Å². The molecule has 0 aliphatic heterocycles. The van der Waals surface area contributed by atoms with E-state index in [9.17, 15) is 0 Å². The third-order valence-corrected chi connectivity index (χ3v) is 3.88. The van der Waals surface area contributed by atoms with Crippen LogP contribution in [0.2, 0.25) is 0 Å². The minimum atomic E-state index is 0.225. The van der Waals surface area contributed by atoms with Gasteiger partial charge in [-0.1, -0.05) is 17.6 Å². The van der Waals surface area contributed by atoms with Crippen LogP contribution in [0.1, 0.15) is 33.1 Å². The van der Waals surface area contributed by atoms with Gasteiger partial charge in [0.25, 0.3) is 0 Å². The van der Waals surface area contributed by atoms with E-state index >= 15 is 0 Å². The summed E-state index contributed by atoms with van der Waals surface area (Å²) in [7, 11) is 0. The molecule has 15 heavy (non-hydrogen) atoms. The Kier molecular flexibility index (Phi) is 2.37. The van der Waals surface area contributed by atoms with E-state index in [2.05, 4.69) is 26.0 Å². The number of fused-ring (bicyclic) bond motifs is 2. The van der Waals surface area contributed by atoms with E-state index in [1.807, 2.05) is 0 Å². The Labute approximate surface area is 90.5 Å². The molecule has 0 radical (unpaired) electrons. The third-order valence-electron chi connectivity index (χ3n) is 3.88. The molecule has 0 saturated heterocycles. The minimum Gasteiger partial charge on any atom is -0.193 e. The molecule has 0 amide bonds. The summed E-state index contributed by atoms with van der Waals surface area (Å²) >= 11 is 0. The Hall–Kier alpha value is -1.54. The molecule has 3 aliphatic carbocycles. The number of nitriles is 2. The van der Waals surface area contributed by atoms with Gasteiger partial charge in [-0.05, 0) is 26.7 Å². The van der Waals surface area contributed by atoms with Crippen molar-refractivity contribution in [2.45, 2.75) is 33.1 Å². The van der Waals surface area contributed by atoms with E-state index in [0.717, 1.165) is 30.4 Å². The molecule has 0 fully saturated rings. The standard InChI is InChI=1S/C13H14N2/c1-8-9(2)11-5-3-4-10(8)12(6-14)13(11)7-15/h10-11H,3-5H2,1-2H3/t10-,11-/m1/s1. The highest BCUT2D eigenvalue weighted by Crippen LogP contribution is 2.45. The van der Waals surface area contributed by atoms with Crippen molar-refractivity contribution in [3.63, 3.8) is 0 Å². The van der Waals surface area contributed by atoms with Crippen LogP contribution in [-0.2, 0) is 0 Å². The largest absolute Gasteiger partial charge is 0.193 e. The lowest BCUT2D eigenvalue weighted by molar-refractivity contribution is 0.610. The molecule has 0 saturated carbocycles. The fourth-order valence-corrected chi connectivity index (χ4v) is 2.88. The molecule has 0 spiro atoms. The van der Waals surface area contributed by atoms with E-state index in [4.69, 9.17) is 10.5 Å². The first kappa shape index (κ1) is 9.99. The maximum atomic E-state index is 9.16. The van der Waals surface area contributed by atoms with Crippen molar-refractivity contribution in [2.24, 2.45) is 11.8 Å². The predicted molar refractivity (Wildman–Crippen MR) is 57.5 cm³/mol. The van der Waals surface area contributed by atoms with Crippen LogP contribution in [0.15, 0.2) is 22.3 Å². The maximum Gasteiger partial charge on any atom is 0.0964 e. The van der Waals surface area contributed by atoms with Crippen molar-refractivity contribution < 1.29 is 0 Å². The van der Waals surface area contributed by atoms with Gasteiger partial charge in [-0.2, -0.15) is 10.5 Å². The van der Waals surface area contributed by atoms with Crippen molar-refractivity contribution in [2.75, 3.05) is 0 Å². The van der Waals surface area contributed by atoms with Gasteiger partial charge in [0.2, 0.25) is 0 Å². The predicted octanol–water partition coefficient (Wildman–Crippen LogP) is 3.10. The molecule has 0 heterocycles. The fourth-order valence-electron chi connectivity index (χ4n) is 2.88. The average molecular weight is 198 g/mol. The molecule has 2 nitrogen and oxygen atoms in total. The highest BCUT2D eigenvalue weighted by Gasteiger charge is 2.35. The van der Waals surface area contributed by atoms with E-state index in [1.165, 1.54) is 11.1 Å². The first-order valence-electron chi connectivity index (χ1n) is 5.42. The highest BCUT2D eigenvalue weighted by atomic mass is 14.4. The molecule has 76 valence electrons. The van der Waals surface area contributed by atoms with Crippen LogP contribution >= 0.6 is 0 Å². The number of allylic oxidation sites excluding steroid dienone is 4. The summed E-state index contributed by atoms with van der Waals surface area (Å²) in [5.41, 5.74) is 4.13. The van der Waals surface area contributed by atoms with Gasteiger partial charge in [-0.25, -0.2) is 0 Å². The first-order valence-corrected chi connectivity index (χ1v) is 5.42. The topological polar surface area (TPSA) is 47.6 Å². The summed E-state index contributed by atoms with van der Waals surface area (Å²) in [5.74, 6) is 0.451. The summed E-state index contributed by atoms with van der Waals surface area (Å²) in [6, 6.07) is 4.50. The molecule has 3 rings (SSSR count). The summed E-state index contributed by atoms with van der Waals surface area (Å²) in [6.07, 6.45) is 3.20. The molecule has 0 N–H and O–H groups in total. The zero-order valence-corrected chi connectivity index (χ0v) is 9.17. The van der Waals surface area contributed by atoms with Gasteiger partial charge in [-0.3, -0.25) is 0 Å². The Bertz CT molecular complexity index is 400. The molecular formula is C13H14N2. The van der Waals surface area contributed by atoms with Crippen LogP contribution in [0.3, 0.4) is 0 Å². The van der Waals surface area contributed by atoms with Gasteiger partial charge in [0.05, 0.1) is 23.3 Å². The van der Waals surface area contributed by atoms with Crippen LogP contribution < -0.4 is 0 Å². The maximum absolute atomic E-state index is 9.16. The molecule has 0 aromatic carbocycles. The van der Waals surface area contributed by atoms with Crippen LogP contribution in [0.5, 0.6) is 0 Å². The Balaban J connectivity index is 2.61. The van der Waals surface area contributed by atoms with Crippen LogP contribution in [0.25, 0.3) is 0 Å². The van der Waals surface area contributed by atoms with E-state index < -0.39 is 0 Å². The minimum absolute atomic E-state index is 0.225. The Morgan fingerprint density at radius 3 is 1.67 bits per heavy atom. The second-order valence-electron chi connectivity index (χ2n) is 4.45. The average Bonchev–Trinajstić information content (AvgIpc) is 2.51. The van der Waals surface area contributed by atoms with Crippen molar-refractivity contribution in [3.8, 4) is 12.1 Å². The Morgan fingerprint density at radius 1 is 0.933 bits per heavy atom. The Morgan fingerprint density at radius 2 is 1.33 bits per heavy atom. The summed E-state index contributed by atoms with van der Waals surface area (Å²) in [5, 5.41) is 18.3. The summed E-state index contributed by atoms with van der Waals surface area (Å²) in [6.45, 7) is 4.23. The molecule has 0 aromatic heterocycles. The van der Waals surface area contributed by atoms with Gasteiger partial charge in [0, 0.05) is 11.8 Å². The summed E-state index contributed by atoms with van der Waals surface area (Å²) in [4.78, 5) is 0. The zero-order chi connectivity index (χ0) is 11.0. The number of hydrogen-bond donors (Lipinski definition) is 0.